The van der Waals surface area contributed by atoms with E-state index in [4.69, 9.17) is 9.73 Å². The van der Waals surface area contributed by atoms with E-state index >= 15 is 0 Å². The number of likely N-dealkylation sites (tertiary alicyclic amines) is 1. The number of nitrogens with one attached hydrogen (secondary N) is 2. The van der Waals surface area contributed by atoms with Gasteiger partial charge in [0.15, 0.2) is 0 Å². The van der Waals surface area contributed by atoms with Gasteiger partial charge in [-0.2, -0.15) is 0 Å². The van der Waals surface area contributed by atoms with Crippen molar-refractivity contribution in [2.75, 3.05) is 24.3 Å². The van der Waals surface area contributed by atoms with Crippen molar-refractivity contribution < 1.29 is 27.9 Å². The molecule has 1 fully saturated rings. The van der Waals surface area contributed by atoms with Crippen LogP contribution < -0.4 is 10.6 Å². The summed E-state index contributed by atoms with van der Waals surface area (Å²) in [5.41, 5.74) is 3.63. The molecule has 2 aromatic rings. The van der Waals surface area contributed by atoms with E-state index in [1.165, 1.54) is 25.3 Å². The maximum absolute atomic E-state index is 14.5. The van der Waals surface area contributed by atoms with Gasteiger partial charge in [0.05, 0.1) is 12.8 Å². The van der Waals surface area contributed by atoms with E-state index in [9.17, 15) is 23.2 Å². The van der Waals surface area contributed by atoms with E-state index in [0.717, 1.165) is 17.0 Å². The molecule has 8 nitrogen and oxygen atoms in total. The van der Waals surface area contributed by atoms with Gasteiger partial charge in [-0.15, -0.1) is 0 Å². The monoisotopic (exact) mass is 564 g/mol. The molecule has 0 saturated carbocycles. The minimum atomic E-state index is -0.625. The van der Waals surface area contributed by atoms with Crippen LogP contribution in [0.1, 0.15) is 74.8 Å². The van der Waals surface area contributed by atoms with Crippen molar-refractivity contribution >= 4 is 35.5 Å². The molecule has 1 saturated heterocycles. The van der Waals surface area contributed by atoms with Crippen molar-refractivity contribution in [2.24, 2.45) is 10.9 Å². The molecule has 5 rings (SSSR count). The van der Waals surface area contributed by atoms with Gasteiger partial charge >= 0.3 is 6.09 Å². The molecule has 2 N–H and O–H groups in total. The van der Waals surface area contributed by atoms with Crippen LogP contribution in [-0.2, 0) is 14.3 Å². The van der Waals surface area contributed by atoms with Crippen LogP contribution in [-0.4, -0.2) is 42.7 Å². The maximum atomic E-state index is 14.5. The fraction of sp³-hybridized carbons (Fsp3) is 0.419. The van der Waals surface area contributed by atoms with Gasteiger partial charge < -0.3 is 15.0 Å². The van der Waals surface area contributed by atoms with Gasteiger partial charge in [-0.3, -0.25) is 19.9 Å². The first-order valence-electron chi connectivity index (χ1n) is 14.0. The first kappa shape index (κ1) is 28.4. The Hall–Kier alpha value is -4.08. The minimum Gasteiger partial charge on any atom is -0.453 e. The highest BCUT2D eigenvalue weighted by molar-refractivity contribution is 5.95. The number of benzene rings is 2. The van der Waals surface area contributed by atoms with Crippen molar-refractivity contribution in [1.29, 1.82) is 0 Å². The Morgan fingerprint density at radius 2 is 1.88 bits per heavy atom. The lowest BCUT2D eigenvalue weighted by Crippen LogP contribution is -2.38. The highest BCUT2D eigenvalue weighted by atomic mass is 19.1. The zero-order valence-corrected chi connectivity index (χ0v) is 23.2. The predicted octanol–water partition coefficient (Wildman–Crippen LogP) is 6.47. The van der Waals surface area contributed by atoms with Gasteiger partial charge in [-0.25, -0.2) is 13.6 Å². The summed E-state index contributed by atoms with van der Waals surface area (Å²) in [6, 6.07) is 9.17. The lowest BCUT2D eigenvalue weighted by Gasteiger charge is -2.36. The Labute approximate surface area is 237 Å². The Kier molecular flexibility index (Phi) is 8.46. The van der Waals surface area contributed by atoms with E-state index in [1.54, 1.807) is 17.0 Å². The summed E-state index contributed by atoms with van der Waals surface area (Å²) >= 11 is 0. The van der Waals surface area contributed by atoms with Crippen molar-refractivity contribution in [2.45, 2.75) is 63.7 Å². The molecular formula is C31H34F2N4O4. The standard InChI is InChI=1S/C31H34F2N4O4/c1-18-5-3-8-27(37-14-12-20(16-28(37)38)29-23(32)6-4-7-24(29)33)26-15-19(11-13-34-26)22-10-9-21(35-31(40)41-2)17-25(22)36-30(18)39/h4,6-7,9-10,13,17-20H,3,5,8,11-12,14-16H2,1-2H3,(H,35,40)(H,36,39)/b27-26-. The molecule has 10 heteroatoms. The van der Waals surface area contributed by atoms with Crippen LogP contribution in [0.5, 0.6) is 0 Å². The van der Waals surface area contributed by atoms with Gasteiger partial charge in [-0.1, -0.05) is 19.1 Å². The number of aliphatic imine (C=N–C) groups is 1. The number of carbonyl (C=O) groups is 3. The third-order valence-corrected chi connectivity index (χ3v) is 8.25. The maximum Gasteiger partial charge on any atom is 0.411 e. The van der Waals surface area contributed by atoms with E-state index in [0.29, 0.717) is 56.4 Å². The van der Waals surface area contributed by atoms with Crippen LogP contribution in [0.2, 0.25) is 0 Å². The Morgan fingerprint density at radius 3 is 2.61 bits per heavy atom. The van der Waals surface area contributed by atoms with Gasteiger partial charge in [0.25, 0.3) is 0 Å². The number of nitrogens with zero attached hydrogens (tertiary/aromatic N) is 2. The molecule has 3 aliphatic rings. The normalized spacial score (nSPS) is 25.0. The summed E-state index contributed by atoms with van der Waals surface area (Å²) in [5, 5.41) is 5.70. The van der Waals surface area contributed by atoms with Crippen molar-refractivity contribution in [1.82, 2.24) is 4.90 Å². The average Bonchev–Trinajstić information content (AvgIpc) is 2.95. The topological polar surface area (TPSA) is 100 Å². The molecule has 0 radical (unpaired) electrons. The molecule has 2 bridgehead atoms. The second kappa shape index (κ2) is 12.2. The third-order valence-electron chi connectivity index (χ3n) is 8.25. The lowest BCUT2D eigenvalue weighted by molar-refractivity contribution is -0.132. The summed E-state index contributed by atoms with van der Waals surface area (Å²) in [5.74, 6) is -2.39. The smallest absolute Gasteiger partial charge is 0.411 e. The van der Waals surface area contributed by atoms with Gasteiger partial charge in [-0.05, 0) is 74.3 Å². The zero-order chi connectivity index (χ0) is 29.1. The quantitative estimate of drug-likeness (QED) is 0.446. The van der Waals surface area contributed by atoms with E-state index in [1.807, 2.05) is 19.2 Å². The number of piperidine rings is 1. The van der Waals surface area contributed by atoms with Gasteiger partial charge in [0.1, 0.15) is 11.6 Å². The van der Waals surface area contributed by atoms with Crippen molar-refractivity contribution in [3.05, 3.63) is 70.6 Å². The van der Waals surface area contributed by atoms with E-state index in [2.05, 4.69) is 10.6 Å². The van der Waals surface area contributed by atoms with Crippen LogP contribution in [0.3, 0.4) is 0 Å². The summed E-state index contributed by atoms with van der Waals surface area (Å²) in [6.07, 6.45) is 4.71. The lowest BCUT2D eigenvalue weighted by atomic mass is 9.85. The number of hydrogen-bond donors (Lipinski definition) is 2. The largest absolute Gasteiger partial charge is 0.453 e. The van der Waals surface area contributed by atoms with Crippen LogP contribution in [0, 0.1) is 17.6 Å². The second-order valence-electron chi connectivity index (χ2n) is 10.9. The molecule has 3 heterocycles. The summed E-state index contributed by atoms with van der Waals surface area (Å²) in [4.78, 5) is 44.9. The second-order valence-corrected chi connectivity index (χ2v) is 10.9. The third kappa shape index (κ3) is 6.16. The number of ether oxygens (including phenoxy) is 1. The van der Waals surface area contributed by atoms with Crippen LogP contribution in [0.4, 0.5) is 25.0 Å². The summed E-state index contributed by atoms with van der Waals surface area (Å²) in [7, 11) is 1.28. The first-order valence-corrected chi connectivity index (χ1v) is 14.0. The van der Waals surface area contributed by atoms with Crippen LogP contribution >= 0.6 is 0 Å². The summed E-state index contributed by atoms with van der Waals surface area (Å²) < 4.78 is 33.7. The number of anilines is 2. The molecule has 3 aliphatic heterocycles. The number of allylic oxidation sites excluding steroid dienone is 2. The number of amides is 3. The number of hydrogen-bond acceptors (Lipinski definition) is 5. The molecule has 0 aliphatic carbocycles. The highest BCUT2D eigenvalue weighted by Gasteiger charge is 2.34. The fourth-order valence-electron chi connectivity index (χ4n) is 6.02. The molecule has 0 aromatic heterocycles. The van der Waals surface area contributed by atoms with Crippen LogP contribution in [0.15, 0.2) is 52.8 Å². The Bertz CT molecular complexity index is 1400. The van der Waals surface area contributed by atoms with E-state index < -0.39 is 23.6 Å². The van der Waals surface area contributed by atoms with Crippen molar-refractivity contribution in [3.63, 3.8) is 0 Å². The van der Waals surface area contributed by atoms with E-state index in [-0.39, 0.29) is 35.6 Å². The molecule has 0 spiro atoms. The molecule has 3 atom stereocenters. The summed E-state index contributed by atoms with van der Waals surface area (Å²) in [6.45, 7) is 2.20. The Morgan fingerprint density at radius 1 is 1.10 bits per heavy atom. The molecule has 41 heavy (non-hydrogen) atoms. The van der Waals surface area contributed by atoms with Crippen LogP contribution in [0.25, 0.3) is 0 Å². The Balaban J connectivity index is 1.46. The van der Waals surface area contributed by atoms with Gasteiger partial charge in [0, 0.05) is 53.7 Å². The number of fused-ring (bicyclic) bond motifs is 4. The molecule has 216 valence electrons. The SMILES string of the molecule is COC(=O)Nc1ccc2c(c1)NC(=O)C(C)CCC/C(N1CCC(c3c(F)cccc3F)CC1=O)=C1\CC2CC=N1. The number of carbonyl (C=O) groups excluding carboxylic acids is 3. The highest BCUT2D eigenvalue weighted by Crippen LogP contribution is 2.41. The van der Waals surface area contributed by atoms with Crippen molar-refractivity contribution in [3.8, 4) is 0 Å². The average molecular weight is 565 g/mol. The molecule has 3 amide bonds. The number of halogens is 2. The molecule has 3 unspecified atom stereocenters. The number of rotatable bonds is 3. The molecule has 2 aromatic carbocycles. The first-order chi connectivity index (χ1) is 19.7. The fourth-order valence-corrected chi connectivity index (χ4v) is 6.02. The zero-order valence-electron chi connectivity index (χ0n) is 23.2. The minimum absolute atomic E-state index is 0.0133. The van der Waals surface area contributed by atoms with Gasteiger partial charge in [0.2, 0.25) is 11.8 Å². The number of methoxy groups -OCH3 is 1. The molecular weight excluding hydrogens is 530 g/mol. The predicted molar refractivity (Wildman–Crippen MR) is 152 cm³/mol.